The Labute approximate surface area is 186 Å². The first-order valence-corrected chi connectivity index (χ1v) is 13.3. The molecule has 0 aliphatic carbocycles. The van der Waals surface area contributed by atoms with Crippen molar-refractivity contribution in [2.24, 2.45) is 0 Å². The average molecular weight is 423 g/mol. The SMILES string of the molecule is C=C(CN(C)Cc1ccc(C(C)(C)C)cc1)c1ccc(C(C)(C)C)cc1O[Si](C)C. The van der Waals surface area contributed by atoms with Crippen molar-refractivity contribution in [3.8, 4) is 5.75 Å². The molecule has 0 aliphatic heterocycles. The van der Waals surface area contributed by atoms with Gasteiger partial charge in [0.05, 0.1) is 0 Å². The summed E-state index contributed by atoms with van der Waals surface area (Å²) in [5.41, 5.74) is 6.51. The zero-order valence-corrected chi connectivity index (χ0v) is 21.5. The van der Waals surface area contributed by atoms with E-state index in [1.165, 1.54) is 16.7 Å². The van der Waals surface area contributed by atoms with Crippen LogP contribution in [0.2, 0.25) is 13.1 Å². The van der Waals surface area contributed by atoms with Crippen molar-refractivity contribution in [2.45, 2.75) is 72.0 Å². The molecule has 0 aromatic heterocycles. The quantitative estimate of drug-likeness (QED) is 0.443. The van der Waals surface area contributed by atoms with Crippen LogP contribution in [-0.2, 0) is 17.4 Å². The third-order valence-corrected chi connectivity index (χ3v) is 5.90. The fourth-order valence-electron chi connectivity index (χ4n) is 3.47. The summed E-state index contributed by atoms with van der Waals surface area (Å²) in [5.74, 6) is 0.981. The van der Waals surface area contributed by atoms with Crippen LogP contribution in [0, 0.1) is 0 Å². The van der Waals surface area contributed by atoms with Gasteiger partial charge in [-0.05, 0) is 59.3 Å². The van der Waals surface area contributed by atoms with E-state index in [0.717, 1.165) is 30.0 Å². The molecule has 2 aromatic rings. The lowest BCUT2D eigenvalue weighted by atomic mass is 9.86. The zero-order chi connectivity index (χ0) is 22.7. The summed E-state index contributed by atoms with van der Waals surface area (Å²) in [4.78, 5) is 2.32. The Morgan fingerprint density at radius 3 is 1.93 bits per heavy atom. The van der Waals surface area contributed by atoms with Gasteiger partial charge >= 0.3 is 0 Å². The Morgan fingerprint density at radius 1 is 0.900 bits per heavy atom. The molecular weight excluding hydrogens is 382 g/mol. The highest BCUT2D eigenvalue weighted by Crippen LogP contribution is 2.32. The lowest BCUT2D eigenvalue weighted by Gasteiger charge is -2.25. The molecule has 0 bridgehead atoms. The molecule has 2 aromatic carbocycles. The topological polar surface area (TPSA) is 12.5 Å². The number of benzene rings is 2. The number of hydrogen-bond acceptors (Lipinski definition) is 2. The van der Waals surface area contributed by atoms with E-state index in [0.29, 0.717) is 0 Å². The average Bonchev–Trinajstić information content (AvgIpc) is 2.59. The summed E-state index contributed by atoms with van der Waals surface area (Å²) in [7, 11) is 1.30. The van der Waals surface area contributed by atoms with Crippen LogP contribution in [0.3, 0.4) is 0 Å². The number of likely N-dealkylation sites (N-methyl/N-ethyl adjacent to an activating group) is 1. The molecule has 0 amide bonds. The van der Waals surface area contributed by atoms with Crippen molar-refractivity contribution in [2.75, 3.05) is 13.6 Å². The molecule has 0 saturated carbocycles. The van der Waals surface area contributed by atoms with Crippen LogP contribution in [0.5, 0.6) is 5.75 Å². The molecule has 0 unspecified atom stereocenters. The van der Waals surface area contributed by atoms with Gasteiger partial charge in [-0.25, -0.2) is 0 Å². The molecule has 30 heavy (non-hydrogen) atoms. The fraction of sp³-hybridized carbons (Fsp3) is 0.481. The predicted molar refractivity (Wildman–Crippen MR) is 134 cm³/mol. The molecule has 2 rings (SSSR count). The molecule has 163 valence electrons. The third-order valence-electron chi connectivity index (χ3n) is 5.28. The maximum absolute atomic E-state index is 6.27. The molecule has 0 spiro atoms. The van der Waals surface area contributed by atoms with Crippen molar-refractivity contribution in [1.29, 1.82) is 0 Å². The van der Waals surface area contributed by atoms with Gasteiger partial charge in [0.1, 0.15) is 5.75 Å². The van der Waals surface area contributed by atoms with Gasteiger partial charge in [-0.15, -0.1) is 0 Å². The van der Waals surface area contributed by atoms with E-state index in [9.17, 15) is 0 Å². The van der Waals surface area contributed by atoms with Gasteiger partial charge in [0.25, 0.3) is 9.04 Å². The van der Waals surface area contributed by atoms with Crippen LogP contribution in [-0.4, -0.2) is 27.5 Å². The maximum atomic E-state index is 6.27. The Kier molecular flexibility index (Phi) is 7.76. The van der Waals surface area contributed by atoms with Crippen LogP contribution in [0.25, 0.3) is 5.57 Å². The van der Waals surface area contributed by atoms with E-state index in [-0.39, 0.29) is 10.8 Å². The molecule has 0 atom stereocenters. The summed E-state index contributed by atoms with van der Waals surface area (Å²) in [6.07, 6.45) is 0. The van der Waals surface area contributed by atoms with Gasteiger partial charge in [0.2, 0.25) is 0 Å². The first-order valence-electron chi connectivity index (χ1n) is 10.9. The normalized spacial score (nSPS) is 12.5. The molecular formula is C27H40NOSi. The molecule has 0 N–H and O–H groups in total. The predicted octanol–water partition coefficient (Wildman–Crippen LogP) is 7.06. The lowest BCUT2D eigenvalue weighted by molar-refractivity contribution is 0.368. The van der Waals surface area contributed by atoms with Crippen molar-refractivity contribution in [1.82, 2.24) is 4.90 Å². The second kappa shape index (κ2) is 9.53. The van der Waals surface area contributed by atoms with Crippen molar-refractivity contribution >= 4 is 14.6 Å². The lowest BCUT2D eigenvalue weighted by Crippen LogP contribution is -2.21. The Morgan fingerprint density at radius 2 is 1.43 bits per heavy atom. The largest absolute Gasteiger partial charge is 0.542 e. The van der Waals surface area contributed by atoms with Crippen molar-refractivity contribution in [3.63, 3.8) is 0 Å². The van der Waals surface area contributed by atoms with E-state index in [4.69, 9.17) is 4.43 Å². The minimum Gasteiger partial charge on any atom is -0.542 e. The molecule has 1 radical (unpaired) electrons. The van der Waals surface area contributed by atoms with Crippen LogP contribution in [0.1, 0.15) is 63.8 Å². The van der Waals surface area contributed by atoms with E-state index < -0.39 is 9.04 Å². The van der Waals surface area contributed by atoms with Crippen LogP contribution in [0.15, 0.2) is 49.0 Å². The molecule has 0 fully saturated rings. The van der Waals surface area contributed by atoms with Gasteiger partial charge in [0, 0.05) is 18.7 Å². The summed E-state index contributed by atoms with van der Waals surface area (Å²) in [6.45, 7) is 23.9. The third kappa shape index (κ3) is 6.85. The van der Waals surface area contributed by atoms with Crippen LogP contribution >= 0.6 is 0 Å². The summed E-state index contributed by atoms with van der Waals surface area (Å²) >= 11 is 0. The molecule has 0 aliphatic rings. The van der Waals surface area contributed by atoms with E-state index in [2.05, 4.69) is 116 Å². The zero-order valence-electron chi connectivity index (χ0n) is 20.5. The van der Waals surface area contributed by atoms with Crippen molar-refractivity contribution in [3.05, 3.63) is 71.3 Å². The maximum Gasteiger partial charge on any atom is 0.274 e. The minimum absolute atomic E-state index is 0.0996. The van der Waals surface area contributed by atoms with Gasteiger partial charge in [-0.2, -0.15) is 0 Å². The van der Waals surface area contributed by atoms with Crippen molar-refractivity contribution < 1.29 is 4.43 Å². The van der Waals surface area contributed by atoms with E-state index >= 15 is 0 Å². The number of hydrogen-bond donors (Lipinski definition) is 0. The first kappa shape index (κ1) is 24.4. The van der Waals surface area contributed by atoms with Crippen LogP contribution in [0.4, 0.5) is 0 Å². The van der Waals surface area contributed by atoms with E-state index in [1.54, 1.807) is 0 Å². The number of nitrogens with zero attached hydrogens (tertiary/aromatic N) is 1. The summed E-state index contributed by atoms with van der Waals surface area (Å²) in [6, 6.07) is 15.6. The Balaban J connectivity index is 2.14. The van der Waals surface area contributed by atoms with Gasteiger partial charge in [-0.1, -0.05) is 84.5 Å². The Hall–Kier alpha value is -1.84. The highest BCUT2D eigenvalue weighted by Gasteiger charge is 2.19. The number of rotatable bonds is 7. The second-order valence-electron chi connectivity index (χ2n) is 10.7. The standard InChI is InChI=1S/C27H40NOSi/c1-20(18-28(8)19-21-11-13-22(14-12-21)26(2,3)4)24-16-15-23(27(5,6)7)17-25(24)29-30(9)10/h11-17H,1,18-19H2,2-10H3. The second-order valence-corrected chi connectivity index (χ2v) is 12.7. The van der Waals surface area contributed by atoms with Crippen LogP contribution < -0.4 is 4.43 Å². The molecule has 0 saturated heterocycles. The highest BCUT2D eigenvalue weighted by molar-refractivity contribution is 6.49. The minimum atomic E-state index is -0.850. The van der Waals surface area contributed by atoms with E-state index in [1.807, 2.05) is 0 Å². The smallest absolute Gasteiger partial charge is 0.274 e. The summed E-state index contributed by atoms with van der Waals surface area (Å²) < 4.78 is 6.27. The first-order chi connectivity index (χ1) is 13.8. The molecule has 3 heteroatoms. The molecule has 0 heterocycles. The Bertz CT molecular complexity index is 854. The fourth-order valence-corrected chi connectivity index (χ4v) is 4.08. The van der Waals surface area contributed by atoms with Gasteiger partial charge in [0.15, 0.2) is 0 Å². The summed E-state index contributed by atoms with van der Waals surface area (Å²) in [5, 5.41) is 0. The van der Waals surface area contributed by atoms with Gasteiger partial charge < -0.3 is 4.43 Å². The highest BCUT2D eigenvalue weighted by atomic mass is 28.3. The monoisotopic (exact) mass is 422 g/mol. The molecule has 2 nitrogen and oxygen atoms in total. The van der Waals surface area contributed by atoms with Gasteiger partial charge in [-0.3, -0.25) is 4.90 Å².